The van der Waals surface area contributed by atoms with Crippen LogP contribution in [0.1, 0.15) is 18.1 Å². The third-order valence-electron chi connectivity index (χ3n) is 5.64. The largest absolute Gasteiger partial charge is 0.496 e. The number of fused-ring (bicyclic) bond motifs is 1. The summed E-state index contributed by atoms with van der Waals surface area (Å²) in [6, 6.07) is 11.7. The average Bonchev–Trinajstić information content (AvgIpc) is 3.13. The molecule has 1 aromatic heterocycles. The molecule has 0 radical (unpaired) electrons. The summed E-state index contributed by atoms with van der Waals surface area (Å²) in [7, 11) is 1.63. The van der Waals surface area contributed by atoms with Crippen LogP contribution in [0, 0.1) is 6.92 Å². The van der Waals surface area contributed by atoms with E-state index in [0.717, 1.165) is 51.5 Å². The first kappa shape index (κ1) is 20.4. The Hall–Kier alpha value is -2.92. The zero-order valence-corrected chi connectivity index (χ0v) is 18.2. The lowest BCUT2D eigenvalue weighted by atomic mass is 10.0. The SMILES string of the molecule is COc1cc2occ(C)c2cc1/C(C)=C/C(=O)N1CCN(c2ccccc2Cl)CC1. The summed E-state index contributed by atoms with van der Waals surface area (Å²) in [6.45, 7) is 6.77. The standard InChI is InChI=1S/C24H25ClN2O3/c1-16(18-13-19-17(2)15-30-23(19)14-22(18)29-3)12-24(28)27-10-8-26(9-11-27)21-7-5-4-6-20(21)25/h4-7,12-15H,8-11H2,1-3H3/b16-12+. The van der Waals surface area contributed by atoms with Gasteiger partial charge in [0.2, 0.25) is 5.91 Å². The van der Waals surface area contributed by atoms with E-state index in [0.29, 0.717) is 18.8 Å². The molecule has 0 spiro atoms. The number of aryl methyl sites for hydroxylation is 1. The second-order valence-electron chi connectivity index (χ2n) is 7.56. The number of benzene rings is 2. The number of allylic oxidation sites excluding steroid dienone is 1. The molecule has 0 unspecified atom stereocenters. The molecule has 2 heterocycles. The van der Waals surface area contributed by atoms with Crippen molar-refractivity contribution in [1.29, 1.82) is 0 Å². The molecular weight excluding hydrogens is 400 g/mol. The molecule has 3 aromatic rings. The van der Waals surface area contributed by atoms with Crippen molar-refractivity contribution in [3.63, 3.8) is 0 Å². The summed E-state index contributed by atoms with van der Waals surface area (Å²) in [5.41, 5.74) is 4.63. The number of para-hydroxylation sites is 1. The topological polar surface area (TPSA) is 45.9 Å². The number of halogens is 1. The Bertz CT molecular complexity index is 1110. The van der Waals surface area contributed by atoms with Gasteiger partial charge in [-0.1, -0.05) is 23.7 Å². The van der Waals surface area contributed by atoms with Crippen molar-refractivity contribution in [2.24, 2.45) is 0 Å². The quantitative estimate of drug-likeness (QED) is 0.543. The highest BCUT2D eigenvalue weighted by molar-refractivity contribution is 6.33. The number of ether oxygens (including phenoxy) is 1. The first-order chi connectivity index (χ1) is 14.5. The fourth-order valence-corrected chi connectivity index (χ4v) is 4.14. The van der Waals surface area contributed by atoms with Crippen molar-refractivity contribution >= 4 is 39.7 Å². The summed E-state index contributed by atoms with van der Waals surface area (Å²) in [4.78, 5) is 17.0. The second-order valence-corrected chi connectivity index (χ2v) is 7.97. The number of hydrogen-bond acceptors (Lipinski definition) is 4. The van der Waals surface area contributed by atoms with E-state index in [1.165, 1.54) is 0 Å². The highest BCUT2D eigenvalue weighted by Gasteiger charge is 2.22. The van der Waals surface area contributed by atoms with Crippen LogP contribution in [-0.4, -0.2) is 44.1 Å². The highest BCUT2D eigenvalue weighted by Crippen LogP contribution is 2.33. The van der Waals surface area contributed by atoms with Crippen LogP contribution in [0.2, 0.25) is 5.02 Å². The maximum atomic E-state index is 12.9. The van der Waals surface area contributed by atoms with Gasteiger partial charge in [0, 0.05) is 49.3 Å². The van der Waals surface area contributed by atoms with Crippen molar-refractivity contribution in [1.82, 2.24) is 4.90 Å². The van der Waals surface area contributed by atoms with E-state index in [2.05, 4.69) is 4.90 Å². The Morgan fingerprint density at radius 2 is 1.90 bits per heavy atom. The number of anilines is 1. The molecule has 1 aliphatic rings. The molecule has 1 amide bonds. The third-order valence-corrected chi connectivity index (χ3v) is 5.96. The zero-order valence-electron chi connectivity index (χ0n) is 17.4. The maximum Gasteiger partial charge on any atom is 0.246 e. The number of hydrogen-bond donors (Lipinski definition) is 0. The minimum Gasteiger partial charge on any atom is -0.496 e. The van der Waals surface area contributed by atoms with Gasteiger partial charge in [-0.15, -0.1) is 0 Å². The first-order valence-corrected chi connectivity index (χ1v) is 10.4. The smallest absolute Gasteiger partial charge is 0.246 e. The van der Waals surface area contributed by atoms with Gasteiger partial charge in [-0.05, 0) is 43.2 Å². The lowest BCUT2D eigenvalue weighted by Gasteiger charge is -2.36. The lowest BCUT2D eigenvalue weighted by molar-refractivity contribution is -0.126. The van der Waals surface area contributed by atoms with Gasteiger partial charge >= 0.3 is 0 Å². The van der Waals surface area contributed by atoms with Crippen LogP contribution in [0.25, 0.3) is 16.5 Å². The normalized spacial score (nSPS) is 15.0. The number of piperazine rings is 1. The number of methoxy groups -OCH3 is 1. The molecule has 1 aliphatic heterocycles. The molecule has 0 aliphatic carbocycles. The van der Waals surface area contributed by atoms with Crippen molar-refractivity contribution in [2.75, 3.05) is 38.2 Å². The van der Waals surface area contributed by atoms with Gasteiger partial charge in [0.1, 0.15) is 11.3 Å². The van der Waals surface area contributed by atoms with Crippen molar-refractivity contribution in [2.45, 2.75) is 13.8 Å². The van der Waals surface area contributed by atoms with E-state index in [-0.39, 0.29) is 5.91 Å². The Morgan fingerprint density at radius 3 is 2.60 bits per heavy atom. The summed E-state index contributed by atoms with van der Waals surface area (Å²) < 4.78 is 11.1. The van der Waals surface area contributed by atoms with Crippen LogP contribution in [0.4, 0.5) is 5.69 Å². The molecule has 0 N–H and O–H groups in total. The molecule has 5 nitrogen and oxygen atoms in total. The summed E-state index contributed by atoms with van der Waals surface area (Å²) >= 11 is 6.32. The van der Waals surface area contributed by atoms with E-state index >= 15 is 0 Å². The minimum atomic E-state index is 0.0115. The summed E-state index contributed by atoms with van der Waals surface area (Å²) in [5, 5.41) is 1.77. The summed E-state index contributed by atoms with van der Waals surface area (Å²) in [5.74, 6) is 0.708. The van der Waals surface area contributed by atoms with Crippen molar-refractivity contribution < 1.29 is 13.9 Å². The predicted octanol–water partition coefficient (Wildman–Crippen LogP) is 5.16. The van der Waals surface area contributed by atoms with Crippen molar-refractivity contribution in [3.8, 4) is 5.75 Å². The highest BCUT2D eigenvalue weighted by atomic mass is 35.5. The van der Waals surface area contributed by atoms with Gasteiger partial charge in [-0.3, -0.25) is 4.79 Å². The van der Waals surface area contributed by atoms with E-state index < -0.39 is 0 Å². The molecule has 2 aromatic carbocycles. The molecule has 156 valence electrons. The molecule has 1 fully saturated rings. The van der Waals surface area contributed by atoms with Gasteiger partial charge in [-0.2, -0.15) is 0 Å². The van der Waals surface area contributed by atoms with Crippen LogP contribution in [0.5, 0.6) is 5.75 Å². The Kier molecular flexibility index (Phi) is 5.73. The molecule has 6 heteroatoms. The van der Waals surface area contributed by atoms with E-state index in [1.807, 2.05) is 55.1 Å². The van der Waals surface area contributed by atoms with Crippen LogP contribution >= 0.6 is 11.6 Å². The van der Waals surface area contributed by atoms with Gasteiger partial charge in [0.15, 0.2) is 0 Å². The third kappa shape index (κ3) is 3.90. The molecule has 1 saturated heterocycles. The van der Waals surface area contributed by atoms with Gasteiger partial charge in [0.25, 0.3) is 0 Å². The number of carbonyl (C=O) groups excluding carboxylic acids is 1. The van der Waals surface area contributed by atoms with Crippen LogP contribution < -0.4 is 9.64 Å². The van der Waals surface area contributed by atoms with E-state index in [4.69, 9.17) is 20.8 Å². The van der Waals surface area contributed by atoms with E-state index in [9.17, 15) is 4.79 Å². The van der Waals surface area contributed by atoms with Gasteiger partial charge in [0.05, 0.1) is 24.1 Å². The second kappa shape index (κ2) is 8.44. The molecule has 0 saturated carbocycles. The van der Waals surface area contributed by atoms with Crippen LogP contribution in [-0.2, 0) is 4.79 Å². The van der Waals surface area contributed by atoms with Crippen molar-refractivity contribution in [3.05, 3.63) is 64.9 Å². The molecular formula is C24H25ClN2O3. The Labute approximate surface area is 181 Å². The molecule has 0 atom stereocenters. The zero-order chi connectivity index (χ0) is 21.3. The average molecular weight is 425 g/mol. The fourth-order valence-electron chi connectivity index (χ4n) is 3.89. The maximum absolute atomic E-state index is 12.9. The predicted molar refractivity (Wildman–Crippen MR) is 121 cm³/mol. The van der Waals surface area contributed by atoms with Gasteiger partial charge in [-0.25, -0.2) is 0 Å². The summed E-state index contributed by atoms with van der Waals surface area (Å²) in [6.07, 6.45) is 3.43. The monoisotopic (exact) mass is 424 g/mol. The lowest BCUT2D eigenvalue weighted by Crippen LogP contribution is -2.48. The molecule has 30 heavy (non-hydrogen) atoms. The fraction of sp³-hybridized carbons (Fsp3) is 0.292. The Balaban J connectivity index is 1.50. The number of furan rings is 1. The minimum absolute atomic E-state index is 0.0115. The first-order valence-electron chi connectivity index (χ1n) is 10.0. The van der Waals surface area contributed by atoms with E-state index in [1.54, 1.807) is 19.4 Å². The number of carbonyl (C=O) groups is 1. The number of nitrogens with zero attached hydrogens (tertiary/aromatic N) is 2. The molecule has 4 rings (SSSR count). The number of rotatable bonds is 4. The number of amides is 1. The van der Waals surface area contributed by atoms with Crippen LogP contribution in [0.3, 0.4) is 0 Å². The van der Waals surface area contributed by atoms with Crippen LogP contribution in [0.15, 0.2) is 53.2 Å². The Morgan fingerprint density at radius 1 is 1.17 bits per heavy atom. The van der Waals surface area contributed by atoms with Gasteiger partial charge < -0.3 is 19.0 Å². The molecule has 0 bridgehead atoms.